The van der Waals surface area contributed by atoms with Crippen LogP contribution in [0.3, 0.4) is 0 Å². The summed E-state index contributed by atoms with van der Waals surface area (Å²) >= 11 is 11.8. The third-order valence-electron chi connectivity index (χ3n) is 5.54. The predicted molar refractivity (Wildman–Crippen MR) is 180 cm³/mol. The smallest absolute Gasteiger partial charge is 0.295 e. The molecule has 18 nitrogen and oxygen atoms in total. The Bertz CT molecular complexity index is 1860. The molecule has 24 heteroatoms. The Kier molecular flexibility index (Phi) is 16.3. The molecule has 0 saturated heterocycles. The molecule has 2 heterocycles. The van der Waals surface area contributed by atoms with Crippen molar-refractivity contribution in [2.24, 2.45) is 0 Å². The van der Waals surface area contributed by atoms with Gasteiger partial charge in [0, 0.05) is 83.6 Å². The third-order valence-corrected chi connectivity index (χ3v) is 7.70. The summed E-state index contributed by atoms with van der Waals surface area (Å²) in [5.74, 6) is -0.0695. The molecule has 4 aromatic rings. The molecule has 0 saturated carbocycles. The second-order valence-corrected chi connectivity index (χ2v) is 12.3. The first-order valence-corrected chi connectivity index (χ1v) is 16.4. The summed E-state index contributed by atoms with van der Waals surface area (Å²) in [5, 5.41) is 28.5. The predicted octanol–water partition coefficient (Wildman–Crippen LogP) is 1.56. The van der Waals surface area contributed by atoms with Crippen molar-refractivity contribution in [1.82, 2.24) is 29.9 Å². The Labute approximate surface area is 328 Å². The number of nitrogens with one attached hydrogen (secondary N) is 4. The van der Waals surface area contributed by atoms with Gasteiger partial charge in [0.05, 0.1) is 13.2 Å². The first kappa shape index (κ1) is 41.9. The summed E-state index contributed by atoms with van der Waals surface area (Å²) in [6.45, 7) is -0.143. The van der Waals surface area contributed by atoms with Gasteiger partial charge in [-0.25, -0.2) is 0 Å². The molecule has 0 atom stereocenters. The van der Waals surface area contributed by atoms with Crippen LogP contribution in [0.4, 0.5) is 35.2 Å². The van der Waals surface area contributed by atoms with E-state index in [2.05, 4.69) is 51.2 Å². The van der Waals surface area contributed by atoms with Crippen LogP contribution in [0.1, 0.15) is 11.1 Å². The number of nitrogens with zero attached hydrogens (tertiary/aromatic N) is 6. The monoisotopic (exact) mass is 760 g/mol. The Balaban J connectivity index is 0.00000400. The van der Waals surface area contributed by atoms with Gasteiger partial charge in [0.15, 0.2) is 0 Å². The molecule has 48 heavy (non-hydrogen) atoms. The molecule has 0 unspecified atom stereocenters. The van der Waals surface area contributed by atoms with E-state index in [-0.39, 0.29) is 142 Å². The molecule has 4 rings (SSSR count). The fourth-order valence-electron chi connectivity index (χ4n) is 3.69. The molecule has 0 fully saturated rings. The summed E-state index contributed by atoms with van der Waals surface area (Å²) in [6.07, 6.45) is 2.43. The third kappa shape index (κ3) is 12.2. The average Bonchev–Trinajstić information content (AvgIpc) is 2.97. The summed E-state index contributed by atoms with van der Waals surface area (Å²) in [7, 11) is -9.62. The second-order valence-electron chi connectivity index (χ2n) is 8.84. The Morgan fingerprint density at radius 2 is 0.958 bits per heavy atom. The quantitative estimate of drug-likeness (QED) is 0.0514. The van der Waals surface area contributed by atoms with E-state index in [0.717, 1.165) is 12.1 Å². The minimum Gasteiger partial charge on any atom is -0.395 e. The van der Waals surface area contributed by atoms with E-state index < -0.39 is 30.0 Å². The number of aromatic nitrogens is 6. The first-order chi connectivity index (χ1) is 21.7. The van der Waals surface area contributed by atoms with Gasteiger partial charge in [-0.15, -0.1) is 0 Å². The van der Waals surface area contributed by atoms with Crippen molar-refractivity contribution in [3.05, 3.63) is 58.1 Å². The van der Waals surface area contributed by atoms with E-state index in [4.69, 9.17) is 33.4 Å². The Morgan fingerprint density at radius 1 is 0.604 bits per heavy atom. The van der Waals surface area contributed by atoms with Crippen LogP contribution in [0.15, 0.2) is 46.2 Å². The van der Waals surface area contributed by atoms with E-state index in [1.54, 1.807) is 0 Å². The van der Waals surface area contributed by atoms with Gasteiger partial charge in [0.2, 0.25) is 34.4 Å². The van der Waals surface area contributed by atoms with Gasteiger partial charge in [0.25, 0.3) is 20.2 Å². The van der Waals surface area contributed by atoms with Crippen LogP contribution in [-0.2, 0) is 20.2 Å². The van der Waals surface area contributed by atoms with Crippen LogP contribution in [0.2, 0.25) is 10.6 Å². The van der Waals surface area contributed by atoms with Gasteiger partial charge < -0.3 is 31.5 Å². The SMILES string of the molecule is O=S(=O)(O)c1cc(Nc2nc(Cl)nc(NCCO)n2)ccc1C=Cc1ccc(Nc2nc(Cl)nc(NCCO)n2)cc1S(=O)(=O)O.[Na].[Na]. The zero-order valence-electron chi connectivity index (χ0n) is 25.1. The molecule has 2 aromatic carbocycles. The molecule has 0 spiro atoms. The number of halogens is 2. The molecule has 0 aliphatic heterocycles. The summed E-state index contributed by atoms with van der Waals surface area (Å²) in [4.78, 5) is 22.5. The maximum atomic E-state index is 12.3. The van der Waals surface area contributed by atoms with Gasteiger partial charge in [-0.2, -0.15) is 46.7 Å². The molecule has 0 aliphatic rings. The van der Waals surface area contributed by atoms with Crippen LogP contribution >= 0.6 is 23.2 Å². The van der Waals surface area contributed by atoms with Crippen molar-refractivity contribution in [3.63, 3.8) is 0 Å². The van der Waals surface area contributed by atoms with Gasteiger partial charge in [-0.3, -0.25) is 9.11 Å². The van der Waals surface area contributed by atoms with Gasteiger partial charge >= 0.3 is 0 Å². The van der Waals surface area contributed by atoms with Crippen molar-refractivity contribution in [1.29, 1.82) is 0 Å². The number of hydrogen-bond donors (Lipinski definition) is 8. The van der Waals surface area contributed by atoms with Crippen LogP contribution in [-0.4, -0.2) is 151 Å². The minimum atomic E-state index is -4.81. The second kappa shape index (κ2) is 18.6. The van der Waals surface area contributed by atoms with Crippen molar-refractivity contribution in [2.45, 2.75) is 9.79 Å². The zero-order valence-corrected chi connectivity index (χ0v) is 32.3. The van der Waals surface area contributed by atoms with Gasteiger partial charge in [0.1, 0.15) is 9.79 Å². The number of anilines is 6. The van der Waals surface area contributed by atoms with Crippen LogP contribution < -0.4 is 21.3 Å². The fraction of sp³-hybridized carbons (Fsp3) is 0.167. The normalized spacial score (nSPS) is 11.4. The van der Waals surface area contributed by atoms with E-state index in [9.17, 15) is 25.9 Å². The fourth-order valence-corrected chi connectivity index (χ4v) is 5.43. The number of benzene rings is 2. The molecule has 246 valence electrons. The van der Waals surface area contributed by atoms with E-state index in [1.165, 1.54) is 36.4 Å². The molecular formula is C24H24Cl2N10Na2O8S2. The van der Waals surface area contributed by atoms with Crippen LogP contribution in [0, 0.1) is 0 Å². The van der Waals surface area contributed by atoms with Crippen molar-refractivity contribution >= 4 is 150 Å². The molecular weight excluding hydrogens is 737 g/mol. The maximum Gasteiger partial charge on any atom is 0.295 e. The number of aliphatic hydroxyl groups is 2. The minimum absolute atomic E-state index is 0. The molecule has 2 aromatic heterocycles. The topological polar surface area (TPSA) is 275 Å². The van der Waals surface area contributed by atoms with Gasteiger partial charge in [-0.05, 0) is 58.6 Å². The Hall–Kier alpha value is -2.28. The van der Waals surface area contributed by atoms with E-state index in [1.807, 2.05) is 0 Å². The van der Waals surface area contributed by atoms with Crippen LogP contribution in [0.25, 0.3) is 12.2 Å². The summed E-state index contributed by atoms with van der Waals surface area (Å²) in [5.41, 5.74) is 0.168. The van der Waals surface area contributed by atoms with E-state index in [0.29, 0.717) is 0 Å². The largest absolute Gasteiger partial charge is 0.395 e. The summed E-state index contributed by atoms with van der Waals surface area (Å²) < 4.78 is 68.9. The molecule has 0 aliphatic carbocycles. The van der Waals surface area contributed by atoms with Crippen molar-refractivity contribution in [3.8, 4) is 0 Å². The molecule has 8 N–H and O–H groups in total. The zero-order chi connectivity index (χ0) is 33.5. The average molecular weight is 762 g/mol. The van der Waals surface area contributed by atoms with Gasteiger partial charge in [-0.1, -0.05) is 24.3 Å². The number of hydrogen-bond acceptors (Lipinski definition) is 16. The standard InChI is InChI=1S/C24H24Cl2N10O8S2.2Na/c25-19-31-21(27-7-9-37)35-23(33-19)29-15-5-3-13(17(11-15)45(39,40)41)1-2-14-4-6-16(12-18(14)46(42,43)44)30-24-34-20(26)32-22(36-24)28-8-10-38;;/h1-6,11-12,37-38H,7-10H2,(H,39,40,41)(H,42,43,44)(H2,27,29,31,33,35)(H2,28,30,32,34,36);;. The molecule has 0 bridgehead atoms. The summed E-state index contributed by atoms with van der Waals surface area (Å²) in [6, 6.07) is 7.62. The van der Waals surface area contributed by atoms with Crippen molar-refractivity contribution in [2.75, 3.05) is 47.6 Å². The molecule has 0 amide bonds. The van der Waals surface area contributed by atoms with Crippen molar-refractivity contribution < 1.29 is 36.2 Å². The van der Waals surface area contributed by atoms with E-state index >= 15 is 0 Å². The number of rotatable bonds is 14. The first-order valence-electron chi connectivity index (χ1n) is 12.7. The van der Waals surface area contributed by atoms with Crippen LogP contribution in [0.5, 0.6) is 0 Å². The Morgan fingerprint density at radius 3 is 1.29 bits per heavy atom. The molecule has 2 radical (unpaired) electrons. The maximum absolute atomic E-state index is 12.3. The number of aliphatic hydroxyl groups excluding tert-OH is 2.